The molecule has 0 bridgehead atoms. The molecule has 5 rings (SSSR count). The standard InChI is InChI=1S/C23H21N3O4/c1-14-3-4-16(9-15(14)2)18-11-19-23(28)25(7-8-26(19)24-18)12-20(27)17-5-6-21-22(10-17)30-13-29-21/h3-11,20,27H,12-13H2,1-2H3. The van der Waals surface area contributed by atoms with Gasteiger partial charge in [0.2, 0.25) is 6.79 Å². The summed E-state index contributed by atoms with van der Waals surface area (Å²) in [5, 5.41) is 15.2. The molecule has 1 unspecified atom stereocenters. The highest BCUT2D eigenvalue weighted by atomic mass is 16.7. The zero-order valence-corrected chi connectivity index (χ0v) is 16.7. The summed E-state index contributed by atoms with van der Waals surface area (Å²) >= 11 is 0. The van der Waals surface area contributed by atoms with Gasteiger partial charge in [0.15, 0.2) is 11.5 Å². The lowest BCUT2D eigenvalue weighted by molar-refractivity contribution is 0.154. The monoisotopic (exact) mass is 403 g/mol. The van der Waals surface area contributed by atoms with Crippen LogP contribution in [0.4, 0.5) is 0 Å². The molecule has 0 spiro atoms. The van der Waals surface area contributed by atoms with E-state index >= 15 is 0 Å². The Morgan fingerprint density at radius 2 is 1.87 bits per heavy atom. The maximum atomic E-state index is 13.0. The third kappa shape index (κ3) is 3.13. The van der Waals surface area contributed by atoms with Crippen LogP contribution in [0.15, 0.2) is 59.7 Å². The summed E-state index contributed by atoms with van der Waals surface area (Å²) in [5.74, 6) is 1.26. The predicted molar refractivity (Wildman–Crippen MR) is 112 cm³/mol. The van der Waals surface area contributed by atoms with E-state index in [0.717, 1.165) is 11.3 Å². The van der Waals surface area contributed by atoms with Gasteiger partial charge >= 0.3 is 0 Å². The van der Waals surface area contributed by atoms with Crippen molar-refractivity contribution in [2.45, 2.75) is 26.5 Å². The number of nitrogens with zero attached hydrogens (tertiary/aromatic N) is 3. The first kappa shape index (κ1) is 18.4. The first-order valence-electron chi connectivity index (χ1n) is 9.74. The fourth-order valence-electron chi connectivity index (χ4n) is 3.62. The highest BCUT2D eigenvalue weighted by Gasteiger charge is 2.18. The fourth-order valence-corrected chi connectivity index (χ4v) is 3.62. The maximum absolute atomic E-state index is 13.0. The van der Waals surface area contributed by atoms with Crippen molar-refractivity contribution in [3.05, 3.63) is 81.9 Å². The number of aliphatic hydroxyl groups excluding tert-OH is 1. The van der Waals surface area contributed by atoms with Gasteiger partial charge in [-0.25, -0.2) is 4.52 Å². The molecule has 30 heavy (non-hydrogen) atoms. The minimum atomic E-state index is -0.859. The number of rotatable bonds is 4. The number of hydrogen-bond donors (Lipinski definition) is 1. The average Bonchev–Trinajstić information content (AvgIpc) is 3.38. The number of fused-ring (bicyclic) bond motifs is 2. The molecular weight excluding hydrogens is 382 g/mol. The van der Waals surface area contributed by atoms with Crippen LogP contribution in [-0.2, 0) is 6.54 Å². The van der Waals surface area contributed by atoms with Crippen molar-refractivity contribution in [2.75, 3.05) is 6.79 Å². The van der Waals surface area contributed by atoms with Crippen LogP contribution in [0, 0.1) is 13.8 Å². The van der Waals surface area contributed by atoms with E-state index in [4.69, 9.17) is 9.47 Å². The van der Waals surface area contributed by atoms with Gasteiger partial charge in [0, 0.05) is 18.0 Å². The number of hydrogen-bond acceptors (Lipinski definition) is 5. The van der Waals surface area contributed by atoms with Crippen LogP contribution in [0.3, 0.4) is 0 Å². The molecule has 0 saturated carbocycles. The van der Waals surface area contributed by atoms with Crippen molar-refractivity contribution >= 4 is 5.52 Å². The van der Waals surface area contributed by atoms with E-state index < -0.39 is 6.10 Å². The zero-order valence-electron chi connectivity index (χ0n) is 16.7. The van der Waals surface area contributed by atoms with Crippen LogP contribution in [-0.4, -0.2) is 26.1 Å². The summed E-state index contributed by atoms with van der Waals surface area (Å²) in [5.41, 5.74) is 5.01. The topological polar surface area (TPSA) is 78.0 Å². The molecule has 0 saturated heterocycles. The van der Waals surface area contributed by atoms with Crippen molar-refractivity contribution in [1.82, 2.24) is 14.2 Å². The molecule has 1 aliphatic heterocycles. The summed E-state index contributed by atoms with van der Waals surface area (Å²) < 4.78 is 13.7. The van der Waals surface area contributed by atoms with Crippen molar-refractivity contribution in [2.24, 2.45) is 0 Å². The fraction of sp³-hybridized carbons (Fsp3) is 0.217. The van der Waals surface area contributed by atoms with E-state index in [1.807, 2.05) is 6.07 Å². The van der Waals surface area contributed by atoms with Crippen molar-refractivity contribution < 1.29 is 14.6 Å². The molecule has 4 aromatic rings. The molecule has 1 aliphatic rings. The normalized spacial score (nSPS) is 13.7. The lowest BCUT2D eigenvalue weighted by Gasteiger charge is -2.13. The van der Waals surface area contributed by atoms with E-state index in [1.54, 1.807) is 41.2 Å². The Morgan fingerprint density at radius 3 is 2.70 bits per heavy atom. The molecule has 3 heterocycles. The van der Waals surface area contributed by atoms with Gasteiger partial charge in [-0.2, -0.15) is 5.10 Å². The largest absolute Gasteiger partial charge is 0.454 e. The first-order valence-corrected chi connectivity index (χ1v) is 9.74. The molecule has 0 aliphatic carbocycles. The van der Waals surface area contributed by atoms with Crippen molar-refractivity contribution in [1.29, 1.82) is 0 Å². The molecule has 0 amide bonds. The number of aromatic nitrogens is 3. The number of benzene rings is 2. The summed E-state index contributed by atoms with van der Waals surface area (Å²) in [4.78, 5) is 13.0. The lowest BCUT2D eigenvalue weighted by atomic mass is 10.0. The molecule has 152 valence electrons. The minimum absolute atomic E-state index is 0.124. The van der Waals surface area contributed by atoms with E-state index in [1.165, 1.54) is 15.7 Å². The third-order valence-electron chi connectivity index (χ3n) is 5.56. The zero-order chi connectivity index (χ0) is 20.8. The summed E-state index contributed by atoms with van der Waals surface area (Å²) in [6.07, 6.45) is 2.51. The highest BCUT2D eigenvalue weighted by Crippen LogP contribution is 2.34. The maximum Gasteiger partial charge on any atom is 0.276 e. The Kier molecular flexibility index (Phi) is 4.33. The van der Waals surface area contributed by atoms with Crippen LogP contribution in [0.5, 0.6) is 11.5 Å². The van der Waals surface area contributed by atoms with Gasteiger partial charge in [-0.1, -0.05) is 18.2 Å². The summed E-state index contributed by atoms with van der Waals surface area (Å²) in [6.45, 7) is 4.42. The van der Waals surface area contributed by atoms with E-state index in [0.29, 0.717) is 22.6 Å². The molecule has 0 fully saturated rings. The van der Waals surface area contributed by atoms with Crippen LogP contribution in [0.1, 0.15) is 22.8 Å². The summed E-state index contributed by atoms with van der Waals surface area (Å²) in [6, 6.07) is 13.2. The second-order valence-electron chi connectivity index (χ2n) is 7.54. The van der Waals surface area contributed by atoms with Crippen LogP contribution in [0.2, 0.25) is 0 Å². The molecule has 0 radical (unpaired) electrons. The Hall–Kier alpha value is -3.58. The van der Waals surface area contributed by atoms with Crippen LogP contribution in [0.25, 0.3) is 16.8 Å². The van der Waals surface area contributed by atoms with Crippen molar-refractivity contribution in [3.8, 4) is 22.8 Å². The molecule has 1 atom stereocenters. The third-order valence-corrected chi connectivity index (χ3v) is 5.56. The molecule has 2 aromatic heterocycles. The molecule has 7 nitrogen and oxygen atoms in total. The van der Waals surface area contributed by atoms with Gasteiger partial charge in [0.05, 0.1) is 18.3 Å². The molecular formula is C23H21N3O4. The smallest absolute Gasteiger partial charge is 0.276 e. The number of aryl methyl sites for hydroxylation is 2. The molecule has 1 N–H and O–H groups in total. The predicted octanol–water partition coefficient (Wildman–Crippen LogP) is 3.24. The van der Waals surface area contributed by atoms with Gasteiger partial charge in [0.1, 0.15) is 5.52 Å². The van der Waals surface area contributed by atoms with Gasteiger partial charge in [-0.3, -0.25) is 4.79 Å². The minimum Gasteiger partial charge on any atom is -0.454 e. The summed E-state index contributed by atoms with van der Waals surface area (Å²) in [7, 11) is 0. The highest BCUT2D eigenvalue weighted by molar-refractivity contribution is 5.66. The molecule has 2 aromatic carbocycles. The number of aliphatic hydroxyl groups is 1. The van der Waals surface area contributed by atoms with Crippen LogP contribution < -0.4 is 15.0 Å². The SMILES string of the molecule is Cc1ccc(-c2cc3c(=O)n(CC(O)c4ccc5c(c4)OCO5)ccn3n2)cc1C. The number of ether oxygens (including phenoxy) is 2. The van der Waals surface area contributed by atoms with Crippen molar-refractivity contribution in [3.63, 3.8) is 0 Å². The Balaban J connectivity index is 1.46. The van der Waals surface area contributed by atoms with Gasteiger partial charge in [-0.15, -0.1) is 0 Å². The Morgan fingerprint density at radius 1 is 1.03 bits per heavy atom. The Labute approximate surface area is 172 Å². The lowest BCUT2D eigenvalue weighted by Crippen LogP contribution is -2.24. The van der Waals surface area contributed by atoms with Crippen LogP contribution >= 0.6 is 0 Å². The second-order valence-corrected chi connectivity index (χ2v) is 7.54. The van der Waals surface area contributed by atoms with Gasteiger partial charge in [-0.05, 0) is 54.8 Å². The molecule has 7 heteroatoms. The first-order chi connectivity index (χ1) is 14.5. The average molecular weight is 403 g/mol. The van der Waals surface area contributed by atoms with E-state index in [2.05, 4.69) is 31.1 Å². The van der Waals surface area contributed by atoms with Gasteiger partial charge in [0.25, 0.3) is 5.56 Å². The second kappa shape index (κ2) is 7.03. The quantitative estimate of drug-likeness (QED) is 0.566. The van der Waals surface area contributed by atoms with Gasteiger partial charge < -0.3 is 19.1 Å². The Bertz CT molecular complexity index is 1320. The van der Waals surface area contributed by atoms with E-state index in [-0.39, 0.29) is 18.9 Å². The van der Waals surface area contributed by atoms with E-state index in [9.17, 15) is 9.90 Å².